The van der Waals surface area contributed by atoms with Gasteiger partial charge >= 0.3 is 0 Å². The Balaban J connectivity index is 1.44. The molecule has 0 bridgehead atoms. The summed E-state index contributed by atoms with van der Waals surface area (Å²) in [5.74, 6) is 0.630. The van der Waals surface area contributed by atoms with E-state index in [4.69, 9.17) is 16.6 Å². The van der Waals surface area contributed by atoms with Gasteiger partial charge in [-0.05, 0) is 95.7 Å². The summed E-state index contributed by atoms with van der Waals surface area (Å²) in [5, 5.41) is 4.74. The highest BCUT2D eigenvalue weighted by atomic mass is 15.3. The van der Waals surface area contributed by atoms with Gasteiger partial charge in [0.2, 0.25) is 0 Å². The maximum Gasteiger partial charge on any atom is 0.108 e. The second-order valence-corrected chi connectivity index (χ2v) is 11.0. The molecule has 0 amide bonds. The Morgan fingerprint density at radius 1 is 0.973 bits per heavy atom. The number of nitrogens with two attached hydrogens (primary N) is 2. The summed E-state index contributed by atoms with van der Waals surface area (Å²) in [6.07, 6.45) is 8.38. The van der Waals surface area contributed by atoms with Crippen LogP contribution < -0.4 is 16.4 Å². The number of aryl methyl sites for hydroxylation is 3. The third-order valence-electron chi connectivity index (χ3n) is 8.15. The van der Waals surface area contributed by atoms with Crippen LogP contribution in [0.3, 0.4) is 0 Å². The van der Waals surface area contributed by atoms with Crippen LogP contribution in [0.5, 0.6) is 0 Å². The molecule has 8 nitrogen and oxygen atoms in total. The maximum atomic E-state index is 6.72. The number of aromatic nitrogens is 3. The first-order valence-electron chi connectivity index (χ1n) is 13.4. The molecular weight excluding hydrogens is 460 g/mol. The zero-order valence-electron chi connectivity index (χ0n) is 23.0. The van der Waals surface area contributed by atoms with E-state index in [0.29, 0.717) is 17.6 Å². The van der Waals surface area contributed by atoms with E-state index in [2.05, 4.69) is 77.6 Å². The van der Waals surface area contributed by atoms with Crippen LogP contribution >= 0.6 is 0 Å². The molecular formula is C29H42N8. The Labute approximate surface area is 220 Å². The third kappa shape index (κ3) is 5.13. The van der Waals surface area contributed by atoms with Crippen LogP contribution in [-0.2, 0) is 0 Å². The van der Waals surface area contributed by atoms with Crippen LogP contribution in [0.25, 0.3) is 22.9 Å². The minimum atomic E-state index is 0.440. The zero-order chi connectivity index (χ0) is 26.3. The fourth-order valence-corrected chi connectivity index (χ4v) is 6.01. The van der Waals surface area contributed by atoms with E-state index in [1.165, 1.54) is 16.8 Å². The van der Waals surface area contributed by atoms with Gasteiger partial charge in [-0.3, -0.25) is 4.68 Å². The van der Waals surface area contributed by atoms with Crippen molar-refractivity contribution in [3.05, 3.63) is 52.5 Å². The molecule has 0 aliphatic carbocycles. The molecule has 5 rings (SSSR count). The van der Waals surface area contributed by atoms with Crippen LogP contribution in [0.2, 0.25) is 0 Å². The molecule has 2 aliphatic heterocycles. The number of nitrogens with zero attached hydrogens (tertiary/aromatic N) is 5. The number of nitrogens with one attached hydrogen (secondary N) is 1. The number of likely N-dealkylation sites (N-methyl/N-ethyl adjacent to an activating group) is 1. The van der Waals surface area contributed by atoms with Gasteiger partial charge in [0, 0.05) is 66.1 Å². The smallest absolute Gasteiger partial charge is 0.108 e. The van der Waals surface area contributed by atoms with E-state index in [9.17, 15) is 0 Å². The number of hydrogen-bond donors (Lipinski definition) is 3. The predicted molar refractivity (Wildman–Crippen MR) is 155 cm³/mol. The molecule has 0 unspecified atom stereocenters. The van der Waals surface area contributed by atoms with Crippen molar-refractivity contribution >= 4 is 23.3 Å². The van der Waals surface area contributed by atoms with Crippen molar-refractivity contribution in [1.29, 1.82) is 0 Å². The van der Waals surface area contributed by atoms with Crippen molar-refractivity contribution in [3.63, 3.8) is 0 Å². The third-order valence-corrected chi connectivity index (χ3v) is 8.15. The first kappa shape index (κ1) is 25.4. The molecule has 2 saturated heterocycles. The fraction of sp³-hybridized carbons (Fsp3) is 0.483. The molecule has 1 aromatic carbocycles. The quantitative estimate of drug-likeness (QED) is 0.490. The van der Waals surface area contributed by atoms with Gasteiger partial charge in [-0.1, -0.05) is 0 Å². The molecule has 0 spiro atoms. The first-order chi connectivity index (χ1) is 17.7. The summed E-state index contributed by atoms with van der Waals surface area (Å²) >= 11 is 0. The average molecular weight is 503 g/mol. The minimum absolute atomic E-state index is 0.440. The lowest BCUT2D eigenvalue weighted by molar-refractivity contribution is 0.212. The van der Waals surface area contributed by atoms with Gasteiger partial charge in [-0.25, -0.2) is 0 Å². The summed E-state index contributed by atoms with van der Waals surface area (Å²) < 4.78 is 2.13. The highest BCUT2D eigenvalue weighted by Gasteiger charge is 2.22. The molecule has 4 heterocycles. The van der Waals surface area contributed by atoms with Gasteiger partial charge in [-0.15, -0.1) is 0 Å². The van der Waals surface area contributed by atoms with Crippen LogP contribution in [0.15, 0.2) is 24.5 Å². The Hall–Kier alpha value is -3.23. The monoisotopic (exact) mass is 502 g/mol. The largest absolute Gasteiger partial charge is 0.398 e. The van der Waals surface area contributed by atoms with Gasteiger partial charge in [0.05, 0.1) is 12.2 Å². The number of aromatic amines is 1. The summed E-state index contributed by atoms with van der Waals surface area (Å²) in [7, 11) is 4.37. The van der Waals surface area contributed by atoms with Gasteiger partial charge < -0.3 is 31.2 Å². The molecule has 0 radical (unpaired) electrons. The number of rotatable bonds is 5. The number of benzene rings is 1. The molecule has 2 aromatic heterocycles. The summed E-state index contributed by atoms with van der Waals surface area (Å²) in [6, 6.07) is 4.86. The van der Waals surface area contributed by atoms with Gasteiger partial charge in [-0.2, -0.15) is 5.10 Å². The Bertz CT molecular complexity index is 1260. The first-order valence-corrected chi connectivity index (χ1v) is 13.4. The standard InChI is InChI=1S/C29H42N8/c1-19-14-22(15-20(2)28(19)36-12-10-35(5)11-13-36)26(30)16-25-27(21(3)33-29(25)31)23-17-32-37(18-23)24-6-8-34(4)9-7-24/h14-18,24,33H,6-13,30-31H2,1-5H3/b26-16-. The van der Waals surface area contributed by atoms with Crippen LogP contribution in [-0.4, -0.2) is 77.9 Å². The number of H-pyrrole nitrogens is 1. The van der Waals surface area contributed by atoms with Crippen molar-refractivity contribution in [1.82, 2.24) is 24.6 Å². The lowest BCUT2D eigenvalue weighted by atomic mass is 9.98. The average Bonchev–Trinajstić information content (AvgIpc) is 3.44. The fourth-order valence-electron chi connectivity index (χ4n) is 6.01. The van der Waals surface area contributed by atoms with E-state index >= 15 is 0 Å². The minimum Gasteiger partial charge on any atom is -0.398 e. The molecule has 3 aromatic rings. The van der Waals surface area contributed by atoms with Crippen LogP contribution in [0.1, 0.15) is 46.8 Å². The Morgan fingerprint density at radius 3 is 2.24 bits per heavy atom. The highest BCUT2D eigenvalue weighted by molar-refractivity contribution is 5.91. The van der Waals surface area contributed by atoms with E-state index in [0.717, 1.165) is 80.1 Å². The molecule has 37 heavy (non-hydrogen) atoms. The maximum absolute atomic E-state index is 6.72. The van der Waals surface area contributed by atoms with E-state index in [1.807, 2.05) is 12.3 Å². The van der Waals surface area contributed by atoms with Gasteiger partial charge in [0.25, 0.3) is 0 Å². The summed E-state index contributed by atoms with van der Waals surface area (Å²) in [4.78, 5) is 10.6. The number of anilines is 2. The highest BCUT2D eigenvalue weighted by Crippen LogP contribution is 2.36. The van der Waals surface area contributed by atoms with Crippen LogP contribution in [0, 0.1) is 20.8 Å². The topological polar surface area (TPSA) is 95.4 Å². The number of piperidine rings is 1. The molecule has 198 valence electrons. The number of piperazine rings is 1. The van der Waals surface area contributed by atoms with Crippen molar-refractivity contribution < 1.29 is 0 Å². The summed E-state index contributed by atoms with van der Waals surface area (Å²) in [5.41, 5.74) is 22.9. The number of nitrogen functional groups attached to an aromatic ring is 1. The van der Waals surface area contributed by atoms with Crippen molar-refractivity contribution in [2.75, 3.05) is 64.0 Å². The SMILES string of the molecule is Cc1cc(/C(N)=C/c2c(N)[nH]c(C)c2-c2cnn(C3CCN(C)CC3)c2)cc(C)c1N1CCN(C)CC1. The van der Waals surface area contributed by atoms with Crippen molar-refractivity contribution in [2.45, 2.75) is 39.7 Å². The molecule has 8 heteroatoms. The second-order valence-electron chi connectivity index (χ2n) is 11.0. The van der Waals surface area contributed by atoms with Crippen molar-refractivity contribution in [3.8, 4) is 11.1 Å². The summed E-state index contributed by atoms with van der Waals surface area (Å²) in [6.45, 7) is 12.9. The van der Waals surface area contributed by atoms with Crippen LogP contribution in [0.4, 0.5) is 11.5 Å². The zero-order valence-corrected chi connectivity index (χ0v) is 23.0. The predicted octanol–water partition coefficient (Wildman–Crippen LogP) is 3.86. The van der Waals surface area contributed by atoms with E-state index < -0.39 is 0 Å². The lowest BCUT2D eigenvalue weighted by Gasteiger charge is -2.36. The normalized spacial score (nSPS) is 18.6. The molecule has 2 fully saturated rings. The lowest BCUT2D eigenvalue weighted by Crippen LogP contribution is -2.45. The Kier molecular flexibility index (Phi) is 7.05. The van der Waals surface area contributed by atoms with Crippen molar-refractivity contribution in [2.24, 2.45) is 5.73 Å². The molecule has 2 aliphatic rings. The Morgan fingerprint density at radius 2 is 1.59 bits per heavy atom. The van der Waals surface area contributed by atoms with Gasteiger partial charge in [0.1, 0.15) is 5.82 Å². The molecule has 0 atom stereocenters. The number of likely N-dealkylation sites (tertiary alicyclic amines) is 1. The molecule has 0 saturated carbocycles. The second kappa shape index (κ2) is 10.3. The van der Waals surface area contributed by atoms with E-state index in [1.54, 1.807) is 0 Å². The van der Waals surface area contributed by atoms with Gasteiger partial charge in [0.15, 0.2) is 0 Å². The number of hydrogen-bond acceptors (Lipinski definition) is 6. The molecule has 5 N–H and O–H groups in total. The van der Waals surface area contributed by atoms with E-state index in [-0.39, 0.29) is 0 Å².